The van der Waals surface area contributed by atoms with Gasteiger partial charge in [-0.05, 0) is 53.6 Å². The molecule has 0 unspecified atom stereocenters. The molecule has 2 aliphatic heterocycles. The van der Waals surface area contributed by atoms with Gasteiger partial charge in [-0.15, -0.1) is 0 Å². The quantitative estimate of drug-likeness (QED) is 0.503. The number of piperazine rings is 1. The number of ether oxygens (including phenoxy) is 1. The highest BCUT2D eigenvalue weighted by Gasteiger charge is 2.45. The summed E-state index contributed by atoms with van der Waals surface area (Å²) in [4.78, 5) is 33.4. The molecule has 192 valence electrons. The number of fused-ring (bicyclic) bond motifs is 1. The zero-order valence-electron chi connectivity index (χ0n) is 20.6. The highest BCUT2D eigenvalue weighted by molar-refractivity contribution is 6.01. The third-order valence-corrected chi connectivity index (χ3v) is 7.24. The fourth-order valence-corrected chi connectivity index (χ4v) is 5.36. The van der Waals surface area contributed by atoms with E-state index in [-0.39, 0.29) is 23.4 Å². The standard InChI is InChI=1S/C29H29F2N3O3/c1-37-19-18-34-27(20-6-8-21(30)9-7-20)26(24-4-2-3-5-25(24)28(34)35)29(36)33-16-14-32(15-17-33)23-12-10-22(31)11-13-23/h2-13,26-27H,14-19H2,1H3/t26-,27+/m0/s1. The fourth-order valence-electron chi connectivity index (χ4n) is 5.36. The monoisotopic (exact) mass is 505 g/mol. The van der Waals surface area contributed by atoms with Crippen LogP contribution in [0.5, 0.6) is 0 Å². The van der Waals surface area contributed by atoms with Gasteiger partial charge < -0.3 is 19.4 Å². The molecule has 2 atom stereocenters. The van der Waals surface area contributed by atoms with Crippen LogP contribution in [0.2, 0.25) is 0 Å². The summed E-state index contributed by atoms with van der Waals surface area (Å²) in [5.41, 5.74) is 2.79. The Kier molecular flexibility index (Phi) is 7.19. The smallest absolute Gasteiger partial charge is 0.254 e. The Bertz CT molecular complexity index is 1260. The second-order valence-corrected chi connectivity index (χ2v) is 9.34. The molecular formula is C29H29F2N3O3. The van der Waals surface area contributed by atoms with Gasteiger partial charge in [-0.3, -0.25) is 9.59 Å². The number of nitrogens with zero attached hydrogens (tertiary/aromatic N) is 3. The first kappa shape index (κ1) is 24.9. The van der Waals surface area contributed by atoms with E-state index in [1.807, 2.05) is 17.0 Å². The van der Waals surface area contributed by atoms with E-state index in [0.29, 0.717) is 56.0 Å². The maximum atomic E-state index is 14.2. The lowest BCUT2D eigenvalue weighted by molar-refractivity contribution is -0.135. The topological polar surface area (TPSA) is 53.1 Å². The van der Waals surface area contributed by atoms with Crippen molar-refractivity contribution in [1.29, 1.82) is 0 Å². The first-order valence-electron chi connectivity index (χ1n) is 12.4. The predicted octanol–water partition coefficient (Wildman–Crippen LogP) is 4.24. The molecular weight excluding hydrogens is 476 g/mol. The number of rotatable bonds is 6. The summed E-state index contributed by atoms with van der Waals surface area (Å²) >= 11 is 0. The van der Waals surface area contributed by atoms with Crippen LogP contribution in [0.4, 0.5) is 14.5 Å². The van der Waals surface area contributed by atoms with Gasteiger partial charge in [0.1, 0.15) is 11.6 Å². The highest BCUT2D eigenvalue weighted by atomic mass is 19.1. The summed E-state index contributed by atoms with van der Waals surface area (Å²) in [6, 6.07) is 19.0. The van der Waals surface area contributed by atoms with Gasteiger partial charge in [0.25, 0.3) is 5.91 Å². The predicted molar refractivity (Wildman–Crippen MR) is 136 cm³/mol. The van der Waals surface area contributed by atoms with Crippen LogP contribution < -0.4 is 4.90 Å². The maximum Gasteiger partial charge on any atom is 0.254 e. The van der Waals surface area contributed by atoms with Crippen LogP contribution in [0.3, 0.4) is 0 Å². The maximum absolute atomic E-state index is 14.2. The fraction of sp³-hybridized carbons (Fsp3) is 0.310. The molecule has 0 bridgehead atoms. The Hall–Kier alpha value is -3.78. The van der Waals surface area contributed by atoms with Crippen molar-refractivity contribution in [2.45, 2.75) is 12.0 Å². The van der Waals surface area contributed by atoms with Gasteiger partial charge >= 0.3 is 0 Å². The van der Waals surface area contributed by atoms with E-state index in [9.17, 15) is 18.4 Å². The molecule has 37 heavy (non-hydrogen) atoms. The second kappa shape index (κ2) is 10.7. The Morgan fingerprint density at radius 2 is 1.51 bits per heavy atom. The van der Waals surface area contributed by atoms with E-state index >= 15 is 0 Å². The molecule has 2 heterocycles. The zero-order chi connectivity index (χ0) is 25.9. The number of benzene rings is 3. The number of hydrogen-bond donors (Lipinski definition) is 0. The lowest BCUT2D eigenvalue weighted by Gasteiger charge is -2.44. The average molecular weight is 506 g/mol. The molecule has 2 amide bonds. The van der Waals surface area contributed by atoms with Crippen molar-refractivity contribution in [1.82, 2.24) is 9.80 Å². The summed E-state index contributed by atoms with van der Waals surface area (Å²) < 4.78 is 32.4. The summed E-state index contributed by atoms with van der Waals surface area (Å²) in [7, 11) is 1.57. The molecule has 0 spiro atoms. The van der Waals surface area contributed by atoms with Gasteiger partial charge in [0.05, 0.1) is 18.6 Å². The molecule has 0 N–H and O–H groups in total. The van der Waals surface area contributed by atoms with Crippen LogP contribution in [0.1, 0.15) is 33.4 Å². The molecule has 5 rings (SSSR count). The van der Waals surface area contributed by atoms with Gasteiger partial charge in [0.2, 0.25) is 5.91 Å². The molecule has 2 aliphatic rings. The van der Waals surface area contributed by atoms with E-state index in [4.69, 9.17) is 4.74 Å². The summed E-state index contributed by atoms with van der Waals surface area (Å²) in [6.07, 6.45) is 0. The number of hydrogen-bond acceptors (Lipinski definition) is 4. The highest BCUT2D eigenvalue weighted by Crippen LogP contribution is 2.43. The minimum Gasteiger partial charge on any atom is -0.383 e. The molecule has 1 fully saturated rings. The van der Waals surface area contributed by atoms with Gasteiger partial charge in [-0.25, -0.2) is 8.78 Å². The van der Waals surface area contributed by atoms with Gasteiger partial charge in [-0.2, -0.15) is 0 Å². The first-order chi connectivity index (χ1) is 18.0. The molecule has 3 aromatic carbocycles. The zero-order valence-corrected chi connectivity index (χ0v) is 20.6. The Morgan fingerprint density at radius 1 is 0.892 bits per heavy atom. The average Bonchev–Trinajstić information content (AvgIpc) is 2.93. The third-order valence-electron chi connectivity index (χ3n) is 7.24. The Labute approximate surface area is 215 Å². The minimum atomic E-state index is -0.645. The van der Waals surface area contributed by atoms with Crippen molar-refractivity contribution < 1.29 is 23.1 Å². The van der Waals surface area contributed by atoms with E-state index in [0.717, 1.165) is 5.69 Å². The minimum absolute atomic E-state index is 0.0737. The van der Waals surface area contributed by atoms with Gasteiger partial charge in [0, 0.05) is 51.1 Å². The van der Waals surface area contributed by atoms with Gasteiger partial charge in [0.15, 0.2) is 0 Å². The number of halogens is 2. The molecule has 3 aromatic rings. The van der Waals surface area contributed by atoms with Crippen molar-refractivity contribution in [3.05, 3.63) is 101 Å². The van der Waals surface area contributed by atoms with Crippen molar-refractivity contribution in [3.8, 4) is 0 Å². The van der Waals surface area contributed by atoms with Gasteiger partial charge in [-0.1, -0.05) is 30.3 Å². The lowest BCUT2D eigenvalue weighted by atomic mass is 9.78. The van der Waals surface area contributed by atoms with Crippen LogP contribution in [0.15, 0.2) is 72.8 Å². The van der Waals surface area contributed by atoms with E-state index < -0.39 is 12.0 Å². The third kappa shape index (κ3) is 4.93. The van der Waals surface area contributed by atoms with Crippen LogP contribution >= 0.6 is 0 Å². The molecule has 1 saturated heterocycles. The van der Waals surface area contributed by atoms with Crippen molar-refractivity contribution in [2.75, 3.05) is 51.3 Å². The number of carbonyl (C=O) groups excluding carboxylic acids is 2. The van der Waals surface area contributed by atoms with Crippen LogP contribution in [-0.2, 0) is 9.53 Å². The van der Waals surface area contributed by atoms with E-state index in [1.165, 1.54) is 24.3 Å². The molecule has 0 aliphatic carbocycles. The summed E-state index contributed by atoms with van der Waals surface area (Å²) in [6.45, 7) is 2.82. The molecule has 6 nitrogen and oxygen atoms in total. The first-order valence-corrected chi connectivity index (χ1v) is 12.4. The van der Waals surface area contributed by atoms with E-state index in [1.54, 1.807) is 48.4 Å². The molecule has 0 aromatic heterocycles. The van der Waals surface area contributed by atoms with E-state index in [2.05, 4.69) is 4.90 Å². The molecule has 0 saturated carbocycles. The number of anilines is 1. The SMILES string of the molecule is COCCN1C(=O)c2ccccc2[C@H](C(=O)N2CCN(c3ccc(F)cc3)CC2)[C@H]1c1ccc(F)cc1. The number of carbonyl (C=O) groups is 2. The Balaban J connectivity index is 1.48. The molecule has 8 heteroatoms. The summed E-state index contributed by atoms with van der Waals surface area (Å²) in [5.74, 6) is -1.56. The van der Waals surface area contributed by atoms with Crippen molar-refractivity contribution in [3.63, 3.8) is 0 Å². The van der Waals surface area contributed by atoms with Crippen molar-refractivity contribution in [2.24, 2.45) is 0 Å². The lowest BCUT2D eigenvalue weighted by Crippen LogP contribution is -2.53. The normalized spacial score (nSPS) is 19.6. The van der Waals surface area contributed by atoms with Crippen LogP contribution in [-0.4, -0.2) is 68.1 Å². The summed E-state index contributed by atoms with van der Waals surface area (Å²) in [5, 5.41) is 0. The number of amides is 2. The van der Waals surface area contributed by atoms with Crippen molar-refractivity contribution >= 4 is 17.5 Å². The van der Waals surface area contributed by atoms with Crippen LogP contribution in [0.25, 0.3) is 0 Å². The molecule has 0 radical (unpaired) electrons. The number of methoxy groups -OCH3 is 1. The Morgan fingerprint density at radius 3 is 2.16 bits per heavy atom. The van der Waals surface area contributed by atoms with Crippen LogP contribution in [0, 0.1) is 11.6 Å². The second-order valence-electron chi connectivity index (χ2n) is 9.34. The largest absolute Gasteiger partial charge is 0.383 e.